The minimum absolute atomic E-state index is 0.0230. The van der Waals surface area contributed by atoms with Crippen LogP contribution in [-0.4, -0.2) is 66.8 Å². The second-order valence-electron chi connectivity index (χ2n) is 5.73. The third-order valence-corrected chi connectivity index (χ3v) is 3.95. The number of aliphatic hydroxyl groups excluding tert-OH is 2. The predicted octanol–water partition coefficient (Wildman–Crippen LogP) is 1.00. The Morgan fingerprint density at radius 1 is 1.05 bits per heavy atom. The van der Waals surface area contributed by atoms with Gasteiger partial charge in [0.25, 0.3) is 0 Å². The van der Waals surface area contributed by atoms with Crippen LogP contribution in [-0.2, 0) is 0 Å². The molecule has 0 radical (unpaired) electrons. The maximum absolute atomic E-state index is 12.6. The van der Waals surface area contributed by atoms with Crippen LogP contribution in [0.4, 0.5) is 5.69 Å². The summed E-state index contributed by atoms with van der Waals surface area (Å²) in [5.41, 5.74) is 0.939. The normalized spacial score (nSPS) is 11.8. The fraction of sp³-hybridized carbons (Fsp3) is 0.562. The smallest absolute Gasteiger partial charge is 0.182 e. The standard InChI is InChI=1S/C16H26N2O3/c1-16(2,18(4)10-12-20)15(21)13-5-7-14(8-6-13)17(3)9-11-19/h5-8,19-20H,9-12H2,1-4H3. The van der Waals surface area contributed by atoms with Crippen LogP contribution in [0.5, 0.6) is 0 Å². The van der Waals surface area contributed by atoms with E-state index in [9.17, 15) is 4.79 Å². The Balaban J connectivity index is 2.88. The Kier molecular flexibility index (Phi) is 6.33. The molecule has 0 fully saturated rings. The molecule has 0 saturated heterocycles. The van der Waals surface area contributed by atoms with E-state index in [1.165, 1.54) is 0 Å². The SMILES string of the molecule is CN(CCO)c1ccc(C(=O)C(C)(C)N(C)CCO)cc1. The van der Waals surface area contributed by atoms with Crippen molar-refractivity contribution in [3.63, 3.8) is 0 Å². The first-order valence-corrected chi connectivity index (χ1v) is 7.13. The number of ketones is 1. The zero-order chi connectivity index (χ0) is 16.0. The molecule has 118 valence electrons. The number of anilines is 1. The van der Waals surface area contributed by atoms with Crippen molar-refractivity contribution in [2.24, 2.45) is 0 Å². The largest absolute Gasteiger partial charge is 0.395 e. The molecule has 1 rings (SSSR count). The lowest BCUT2D eigenvalue weighted by Gasteiger charge is -2.33. The Hall–Kier alpha value is -1.43. The number of likely N-dealkylation sites (N-methyl/N-ethyl adjacent to an activating group) is 2. The molecule has 5 heteroatoms. The molecule has 0 heterocycles. The van der Waals surface area contributed by atoms with Crippen molar-refractivity contribution in [2.45, 2.75) is 19.4 Å². The highest BCUT2D eigenvalue weighted by Gasteiger charge is 2.32. The molecular formula is C16H26N2O3. The molecule has 2 N–H and O–H groups in total. The molecule has 0 aliphatic carbocycles. The van der Waals surface area contributed by atoms with E-state index >= 15 is 0 Å². The maximum atomic E-state index is 12.6. The van der Waals surface area contributed by atoms with Crippen LogP contribution in [0.3, 0.4) is 0 Å². The third-order valence-electron chi connectivity index (χ3n) is 3.95. The molecule has 0 aromatic heterocycles. The van der Waals surface area contributed by atoms with Crippen molar-refractivity contribution >= 4 is 11.5 Å². The van der Waals surface area contributed by atoms with Crippen molar-refractivity contribution in [3.05, 3.63) is 29.8 Å². The summed E-state index contributed by atoms with van der Waals surface area (Å²) < 4.78 is 0. The number of hydrogen-bond acceptors (Lipinski definition) is 5. The lowest BCUT2D eigenvalue weighted by molar-refractivity contribution is 0.0666. The number of Topliss-reactive ketones (excluding diaryl/α,β-unsaturated/α-hetero) is 1. The fourth-order valence-electron chi connectivity index (χ4n) is 2.10. The van der Waals surface area contributed by atoms with E-state index < -0.39 is 5.54 Å². The minimum Gasteiger partial charge on any atom is -0.395 e. The van der Waals surface area contributed by atoms with E-state index in [4.69, 9.17) is 10.2 Å². The summed E-state index contributed by atoms with van der Waals surface area (Å²) in [7, 11) is 3.73. The fourth-order valence-corrected chi connectivity index (χ4v) is 2.10. The lowest BCUT2D eigenvalue weighted by atomic mass is 9.91. The Labute approximate surface area is 126 Å². The summed E-state index contributed by atoms with van der Waals surface area (Å²) in [5.74, 6) is 0.0230. The monoisotopic (exact) mass is 294 g/mol. The number of β-amino-alcohol motifs (C(OH)–C–C–N with tert-alkyl or cyclic N) is 1. The average Bonchev–Trinajstić information content (AvgIpc) is 2.47. The number of hydrogen-bond donors (Lipinski definition) is 2. The van der Waals surface area contributed by atoms with Gasteiger partial charge in [-0.2, -0.15) is 0 Å². The van der Waals surface area contributed by atoms with E-state index in [1.807, 2.05) is 49.9 Å². The van der Waals surface area contributed by atoms with Gasteiger partial charge in [0.1, 0.15) is 0 Å². The van der Waals surface area contributed by atoms with Crippen molar-refractivity contribution in [1.29, 1.82) is 0 Å². The van der Waals surface area contributed by atoms with E-state index in [0.29, 0.717) is 18.7 Å². The molecule has 0 atom stereocenters. The van der Waals surface area contributed by atoms with E-state index in [0.717, 1.165) is 5.69 Å². The summed E-state index contributed by atoms with van der Waals surface area (Å²) in [4.78, 5) is 16.4. The number of benzene rings is 1. The first-order valence-electron chi connectivity index (χ1n) is 7.13. The average molecular weight is 294 g/mol. The van der Waals surface area contributed by atoms with Gasteiger partial charge in [0.2, 0.25) is 0 Å². The van der Waals surface area contributed by atoms with Crippen LogP contribution in [0.25, 0.3) is 0 Å². The molecule has 1 aromatic carbocycles. The van der Waals surface area contributed by atoms with Crippen molar-refractivity contribution in [1.82, 2.24) is 4.90 Å². The molecule has 0 aliphatic heterocycles. The lowest BCUT2D eigenvalue weighted by Crippen LogP contribution is -2.49. The second-order valence-corrected chi connectivity index (χ2v) is 5.73. The van der Waals surface area contributed by atoms with Crippen LogP contribution in [0.15, 0.2) is 24.3 Å². The van der Waals surface area contributed by atoms with Crippen LogP contribution >= 0.6 is 0 Å². The summed E-state index contributed by atoms with van der Waals surface area (Å²) in [6.07, 6.45) is 0. The van der Waals surface area contributed by atoms with Crippen molar-refractivity contribution < 1.29 is 15.0 Å². The highest BCUT2D eigenvalue weighted by atomic mass is 16.3. The Morgan fingerprint density at radius 3 is 2.05 bits per heavy atom. The molecule has 21 heavy (non-hydrogen) atoms. The number of carbonyl (C=O) groups excluding carboxylic acids is 1. The molecule has 1 aromatic rings. The molecule has 0 amide bonds. The number of aliphatic hydroxyl groups is 2. The molecule has 0 spiro atoms. The molecular weight excluding hydrogens is 268 g/mol. The van der Waals surface area contributed by atoms with Gasteiger partial charge in [0, 0.05) is 31.4 Å². The van der Waals surface area contributed by atoms with Gasteiger partial charge in [-0.1, -0.05) is 0 Å². The predicted molar refractivity (Wildman–Crippen MR) is 84.9 cm³/mol. The van der Waals surface area contributed by atoms with Crippen LogP contribution in [0, 0.1) is 0 Å². The number of rotatable bonds is 8. The van der Waals surface area contributed by atoms with Crippen molar-refractivity contribution in [2.75, 3.05) is 45.3 Å². The zero-order valence-electron chi connectivity index (χ0n) is 13.3. The highest BCUT2D eigenvalue weighted by molar-refractivity contribution is 6.02. The van der Waals surface area contributed by atoms with Crippen LogP contribution < -0.4 is 4.90 Å². The van der Waals surface area contributed by atoms with E-state index in [2.05, 4.69) is 0 Å². The Bertz CT molecular complexity index is 457. The number of carbonyl (C=O) groups is 1. The topological polar surface area (TPSA) is 64.0 Å². The quantitative estimate of drug-likeness (QED) is 0.700. The van der Waals surface area contributed by atoms with Gasteiger partial charge in [-0.3, -0.25) is 9.69 Å². The summed E-state index contributed by atoms with van der Waals surface area (Å²) in [6.45, 7) is 4.84. The van der Waals surface area contributed by atoms with Gasteiger partial charge in [0.05, 0.1) is 18.8 Å². The highest BCUT2D eigenvalue weighted by Crippen LogP contribution is 2.21. The summed E-state index contributed by atoms with van der Waals surface area (Å²) in [6, 6.07) is 7.37. The van der Waals surface area contributed by atoms with Crippen LogP contribution in [0.1, 0.15) is 24.2 Å². The molecule has 0 saturated carbocycles. The summed E-state index contributed by atoms with van der Waals surface area (Å²) in [5, 5.41) is 18.0. The second kappa shape index (κ2) is 7.54. The third kappa shape index (κ3) is 4.27. The molecule has 0 unspecified atom stereocenters. The van der Waals surface area contributed by atoms with Gasteiger partial charge in [-0.15, -0.1) is 0 Å². The zero-order valence-corrected chi connectivity index (χ0v) is 13.3. The summed E-state index contributed by atoms with van der Waals surface area (Å²) >= 11 is 0. The van der Waals surface area contributed by atoms with Gasteiger partial charge in [-0.05, 0) is 45.2 Å². The molecule has 0 bridgehead atoms. The number of nitrogens with zero attached hydrogens (tertiary/aromatic N) is 2. The Morgan fingerprint density at radius 2 is 1.57 bits per heavy atom. The van der Waals surface area contributed by atoms with Gasteiger partial charge < -0.3 is 15.1 Å². The van der Waals surface area contributed by atoms with Crippen molar-refractivity contribution in [3.8, 4) is 0 Å². The minimum atomic E-state index is -0.665. The van der Waals surface area contributed by atoms with Crippen LogP contribution in [0.2, 0.25) is 0 Å². The maximum Gasteiger partial charge on any atom is 0.182 e. The molecule has 0 aliphatic rings. The van der Waals surface area contributed by atoms with Gasteiger partial charge in [0.15, 0.2) is 5.78 Å². The van der Waals surface area contributed by atoms with E-state index in [1.54, 1.807) is 12.1 Å². The first-order chi connectivity index (χ1) is 9.84. The first kappa shape index (κ1) is 17.6. The molecule has 5 nitrogen and oxygen atoms in total. The van der Waals surface area contributed by atoms with Gasteiger partial charge in [-0.25, -0.2) is 0 Å². The van der Waals surface area contributed by atoms with Gasteiger partial charge >= 0.3 is 0 Å². The van der Waals surface area contributed by atoms with E-state index in [-0.39, 0.29) is 19.0 Å².